The molecule has 3 N–H and O–H groups in total. The number of carbonyl (C=O) groups excluding carboxylic acids is 2. The molecule has 1 aliphatic heterocycles. The molecule has 2 aromatic rings. The van der Waals surface area contributed by atoms with Gasteiger partial charge in [0.25, 0.3) is 0 Å². The first-order valence-electron chi connectivity index (χ1n) is 10.8. The molecule has 0 saturated heterocycles. The molecule has 8 heteroatoms. The van der Waals surface area contributed by atoms with E-state index in [4.69, 9.17) is 9.47 Å². The fourth-order valence-corrected chi connectivity index (χ4v) is 3.91. The lowest BCUT2D eigenvalue weighted by Gasteiger charge is -2.38. The Labute approximate surface area is 189 Å². The van der Waals surface area contributed by atoms with Crippen LogP contribution in [0.4, 0.5) is 15.3 Å². The van der Waals surface area contributed by atoms with Crippen LogP contribution in [0.5, 0.6) is 11.5 Å². The highest BCUT2D eigenvalue weighted by Gasteiger charge is 2.32. The van der Waals surface area contributed by atoms with Crippen molar-refractivity contribution >= 4 is 17.7 Å². The van der Waals surface area contributed by atoms with Gasteiger partial charge in [0.2, 0.25) is 0 Å². The summed E-state index contributed by atoms with van der Waals surface area (Å²) in [6, 6.07) is 10.7. The van der Waals surface area contributed by atoms with Crippen molar-refractivity contribution in [3.05, 3.63) is 53.1 Å². The largest absolute Gasteiger partial charge is 0.493 e. The Bertz CT molecular complexity index is 976. The minimum atomic E-state index is -0.360. The van der Waals surface area contributed by atoms with Gasteiger partial charge in [-0.15, -0.1) is 0 Å². The van der Waals surface area contributed by atoms with Crippen LogP contribution in [-0.2, 0) is 6.42 Å². The Morgan fingerprint density at radius 1 is 1.12 bits per heavy atom. The Balaban J connectivity index is 1.89. The predicted molar refractivity (Wildman–Crippen MR) is 125 cm³/mol. The Morgan fingerprint density at radius 2 is 1.84 bits per heavy atom. The molecule has 0 aromatic heterocycles. The summed E-state index contributed by atoms with van der Waals surface area (Å²) < 4.78 is 10.9. The van der Waals surface area contributed by atoms with Crippen molar-refractivity contribution in [2.24, 2.45) is 0 Å². The number of carbonyl (C=O) groups is 2. The summed E-state index contributed by atoms with van der Waals surface area (Å²) in [7, 11) is 3.18. The van der Waals surface area contributed by atoms with Crippen molar-refractivity contribution in [3.63, 3.8) is 0 Å². The number of amides is 4. The molecule has 0 fully saturated rings. The van der Waals surface area contributed by atoms with Crippen molar-refractivity contribution in [2.75, 3.05) is 32.6 Å². The van der Waals surface area contributed by atoms with Crippen molar-refractivity contribution in [2.45, 2.75) is 39.3 Å². The summed E-state index contributed by atoms with van der Waals surface area (Å²) in [6.07, 6.45) is 0.672. The molecule has 0 aliphatic carbocycles. The summed E-state index contributed by atoms with van der Waals surface area (Å²) in [4.78, 5) is 27.2. The third kappa shape index (κ3) is 5.43. The van der Waals surface area contributed by atoms with Gasteiger partial charge in [-0.3, -0.25) is 0 Å². The van der Waals surface area contributed by atoms with E-state index >= 15 is 0 Å². The van der Waals surface area contributed by atoms with Crippen LogP contribution in [0, 0.1) is 6.92 Å². The lowest BCUT2D eigenvalue weighted by atomic mass is 9.92. The number of nitrogens with one attached hydrogen (secondary N) is 3. The quantitative estimate of drug-likeness (QED) is 0.636. The van der Waals surface area contributed by atoms with Crippen molar-refractivity contribution in [3.8, 4) is 11.5 Å². The highest BCUT2D eigenvalue weighted by Crippen LogP contribution is 2.38. The summed E-state index contributed by atoms with van der Waals surface area (Å²) in [5.41, 5.74) is 3.79. The van der Waals surface area contributed by atoms with Gasteiger partial charge in [0.05, 0.1) is 20.3 Å². The Hall–Kier alpha value is -3.42. The molecular weight excluding hydrogens is 408 g/mol. The number of ether oxygens (including phenoxy) is 2. The maximum absolute atomic E-state index is 13.2. The first kappa shape index (κ1) is 23.2. The van der Waals surface area contributed by atoms with E-state index in [9.17, 15) is 9.59 Å². The maximum atomic E-state index is 13.2. The molecule has 0 saturated carbocycles. The van der Waals surface area contributed by atoms with Gasteiger partial charge < -0.3 is 30.3 Å². The van der Waals surface area contributed by atoms with E-state index in [1.165, 1.54) is 0 Å². The lowest BCUT2D eigenvalue weighted by Crippen LogP contribution is -2.49. The van der Waals surface area contributed by atoms with Crippen molar-refractivity contribution in [1.29, 1.82) is 0 Å². The van der Waals surface area contributed by atoms with E-state index in [-0.39, 0.29) is 30.7 Å². The van der Waals surface area contributed by atoms with Gasteiger partial charge in [0.1, 0.15) is 0 Å². The van der Waals surface area contributed by atoms with E-state index < -0.39 is 0 Å². The Kier molecular flexibility index (Phi) is 7.45. The molecule has 1 aliphatic rings. The fourth-order valence-electron chi connectivity index (χ4n) is 3.91. The summed E-state index contributed by atoms with van der Waals surface area (Å²) in [5.74, 6) is 1.23. The van der Waals surface area contributed by atoms with Crippen LogP contribution in [0.1, 0.15) is 36.6 Å². The fraction of sp³-hybridized carbons (Fsp3) is 0.417. The average molecular weight is 441 g/mol. The second-order valence-electron chi connectivity index (χ2n) is 8.17. The minimum absolute atomic E-state index is 0.0127. The predicted octanol–water partition coefficient (Wildman–Crippen LogP) is 3.85. The second-order valence-corrected chi connectivity index (χ2v) is 8.17. The zero-order valence-electron chi connectivity index (χ0n) is 19.3. The summed E-state index contributed by atoms with van der Waals surface area (Å²) in [5, 5.41) is 8.72. The van der Waals surface area contributed by atoms with E-state index in [0.29, 0.717) is 24.5 Å². The third-order valence-corrected chi connectivity index (χ3v) is 5.41. The molecule has 1 unspecified atom stereocenters. The molecular formula is C24H32N4O4. The van der Waals surface area contributed by atoms with Crippen molar-refractivity contribution < 1.29 is 19.1 Å². The first-order chi connectivity index (χ1) is 15.3. The molecule has 2 aromatic carbocycles. The van der Waals surface area contributed by atoms with Crippen LogP contribution in [0.25, 0.3) is 0 Å². The van der Waals surface area contributed by atoms with Crippen LogP contribution in [0.3, 0.4) is 0 Å². The smallest absolute Gasteiger partial charge is 0.322 e. The highest BCUT2D eigenvalue weighted by molar-refractivity contribution is 5.90. The van der Waals surface area contributed by atoms with E-state index in [1.54, 1.807) is 19.1 Å². The number of methoxy groups -OCH3 is 2. The van der Waals surface area contributed by atoms with Crippen LogP contribution in [-0.4, -0.2) is 50.3 Å². The molecule has 32 heavy (non-hydrogen) atoms. The van der Waals surface area contributed by atoms with Gasteiger partial charge in [-0.25, -0.2) is 9.59 Å². The van der Waals surface area contributed by atoms with E-state index in [1.807, 2.05) is 57.2 Å². The number of fused-ring (bicyclic) bond motifs is 1. The SMILES string of the molecule is COc1cc2c(cc1OC)C(CNC(=O)NC(C)C)N(C(=O)Nc1cccc(C)c1)CC2. The number of nitrogens with zero attached hydrogens (tertiary/aromatic N) is 1. The number of hydrogen-bond acceptors (Lipinski definition) is 4. The van der Waals surface area contributed by atoms with Gasteiger partial charge in [-0.05, 0) is 68.1 Å². The highest BCUT2D eigenvalue weighted by atomic mass is 16.5. The molecule has 1 atom stereocenters. The third-order valence-electron chi connectivity index (χ3n) is 5.41. The molecule has 4 amide bonds. The molecule has 1 heterocycles. The summed E-state index contributed by atoms with van der Waals surface area (Å²) in [6.45, 7) is 6.55. The van der Waals surface area contributed by atoms with Gasteiger partial charge in [0, 0.05) is 24.8 Å². The van der Waals surface area contributed by atoms with Crippen LogP contribution in [0.2, 0.25) is 0 Å². The molecule has 3 rings (SSSR count). The second kappa shape index (κ2) is 10.3. The normalized spacial score (nSPS) is 15.1. The minimum Gasteiger partial charge on any atom is -0.493 e. The van der Waals surface area contributed by atoms with Crippen LogP contribution in [0.15, 0.2) is 36.4 Å². The molecule has 0 radical (unpaired) electrons. The Morgan fingerprint density at radius 3 is 2.50 bits per heavy atom. The van der Waals surface area contributed by atoms with Gasteiger partial charge in [0.15, 0.2) is 11.5 Å². The van der Waals surface area contributed by atoms with Gasteiger partial charge in [-0.1, -0.05) is 12.1 Å². The molecule has 0 spiro atoms. The topological polar surface area (TPSA) is 91.9 Å². The zero-order chi connectivity index (χ0) is 23.3. The number of benzene rings is 2. The zero-order valence-corrected chi connectivity index (χ0v) is 19.3. The average Bonchev–Trinajstić information content (AvgIpc) is 2.75. The van der Waals surface area contributed by atoms with Crippen LogP contribution < -0.4 is 25.4 Å². The number of anilines is 1. The maximum Gasteiger partial charge on any atom is 0.322 e. The molecule has 0 bridgehead atoms. The summed E-state index contributed by atoms with van der Waals surface area (Å²) >= 11 is 0. The monoisotopic (exact) mass is 440 g/mol. The van der Waals surface area contributed by atoms with Gasteiger partial charge in [-0.2, -0.15) is 0 Å². The van der Waals surface area contributed by atoms with Gasteiger partial charge >= 0.3 is 12.1 Å². The first-order valence-corrected chi connectivity index (χ1v) is 10.8. The van der Waals surface area contributed by atoms with Crippen LogP contribution >= 0.6 is 0 Å². The number of urea groups is 2. The number of hydrogen-bond donors (Lipinski definition) is 3. The van der Waals surface area contributed by atoms with E-state index in [2.05, 4.69) is 16.0 Å². The number of aryl methyl sites for hydroxylation is 1. The number of rotatable bonds is 6. The molecule has 8 nitrogen and oxygen atoms in total. The van der Waals surface area contributed by atoms with Crippen molar-refractivity contribution in [1.82, 2.24) is 15.5 Å². The molecule has 172 valence electrons. The standard InChI is InChI=1S/C24H32N4O4/c1-15(2)26-23(29)25-14-20-19-13-22(32-5)21(31-4)12-17(19)9-10-28(20)24(30)27-18-8-6-7-16(3)11-18/h6-8,11-13,15,20H,9-10,14H2,1-5H3,(H,27,30)(H2,25,26,29). The van der Waals surface area contributed by atoms with E-state index in [0.717, 1.165) is 22.4 Å². The lowest BCUT2D eigenvalue weighted by molar-refractivity contribution is 0.179.